The van der Waals surface area contributed by atoms with Crippen molar-refractivity contribution in [3.8, 4) is 0 Å². The van der Waals surface area contributed by atoms with Gasteiger partial charge in [-0.15, -0.1) is 0 Å². The number of nitrogens with two attached hydrogens (primary N) is 1. The van der Waals surface area contributed by atoms with Crippen molar-refractivity contribution in [3.63, 3.8) is 0 Å². The van der Waals surface area contributed by atoms with Gasteiger partial charge in [0, 0.05) is 5.69 Å². The van der Waals surface area contributed by atoms with Gasteiger partial charge in [0.15, 0.2) is 0 Å². The average Bonchev–Trinajstić information content (AvgIpc) is 2.49. The monoisotopic (exact) mass is 257 g/mol. The second-order valence-corrected chi connectivity index (χ2v) is 5.35. The molecule has 4 rings (SSSR count). The Morgan fingerprint density at radius 2 is 1.00 bits per heavy atom. The highest BCUT2D eigenvalue weighted by Gasteiger charge is 2.09. The van der Waals surface area contributed by atoms with Crippen LogP contribution in [0.4, 0.5) is 5.69 Å². The zero-order chi connectivity index (χ0) is 13.7. The zero-order valence-electron chi connectivity index (χ0n) is 11.4. The van der Waals surface area contributed by atoms with Crippen LogP contribution in [0.15, 0.2) is 60.7 Å². The van der Waals surface area contributed by atoms with Crippen molar-refractivity contribution in [2.75, 3.05) is 5.73 Å². The summed E-state index contributed by atoms with van der Waals surface area (Å²) >= 11 is 0. The standard InChI is InChI=1S/C19H15N/c1-12-10-17-15-8-4-2-6-13(15)14-7-3-5-9-16(14)18(17)11-19(12)20/h2-11H,20H2,1H3. The summed E-state index contributed by atoms with van der Waals surface area (Å²) < 4.78 is 0. The molecule has 0 aromatic heterocycles. The largest absolute Gasteiger partial charge is 0.398 e. The topological polar surface area (TPSA) is 26.0 Å². The minimum Gasteiger partial charge on any atom is -0.398 e. The lowest BCUT2D eigenvalue weighted by molar-refractivity contribution is 1.51. The van der Waals surface area contributed by atoms with Crippen LogP contribution in [0.25, 0.3) is 32.3 Å². The molecular weight excluding hydrogens is 242 g/mol. The molecule has 0 unspecified atom stereocenters. The van der Waals surface area contributed by atoms with Crippen LogP contribution >= 0.6 is 0 Å². The summed E-state index contributed by atoms with van der Waals surface area (Å²) in [5.74, 6) is 0. The first-order valence-corrected chi connectivity index (χ1v) is 6.85. The van der Waals surface area contributed by atoms with Gasteiger partial charge in [-0.25, -0.2) is 0 Å². The summed E-state index contributed by atoms with van der Waals surface area (Å²) in [6.07, 6.45) is 0. The lowest BCUT2D eigenvalue weighted by Crippen LogP contribution is -1.91. The van der Waals surface area contributed by atoms with E-state index in [0.29, 0.717) is 0 Å². The average molecular weight is 257 g/mol. The van der Waals surface area contributed by atoms with Crippen molar-refractivity contribution in [3.05, 3.63) is 66.2 Å². The third kappa shape index (κ3) is 1.44. The maximum Gasteiger partial charge on any atom is 0.0350 e. The molecule has 96 valence electrons. The normalized spacial score (nSPS) is 11.4. The minimum absolute atomic E-state index is 0.859. The molecular formula is C19H15N. The Labute approximate surface area is 117 Å². The molecule has 0 aliphatic heterocycles. The van der Waals surface area contributed by atoms with E-state index >= 15 is 0 Å². The Morgan fingerprint density at radius 3 is 1.50 bits per heavy atom. The van der Waals surface area contributed by atoms with Crippen LogP contribution in [0.5, 0.6) is 0 Å². The number of hydrogen-bond donors (Lipinski definition) is 1. The number of rotatable bonds is 0. The molecule has 20 heavy (non-hydrogen) atoms. The lowest BCUT2D eigenvalue weighted by Gasteiger charge is -2.12. The molecule has 0 atom stereocenters. The second-order valence-electron chi connectivity index (χ2n) is 5.35. The fourth-order valence-electron chi connectivity index (χ4n) is 3.08. The first-order valence-electron chi connectivity index (χ1n) is 6.85. The summed E-state index contributed by atoms with van der Waals surface area (Å²) in [6, 6.07) is 21.5. The SMILES string of the molecule is Cc1cc2c3ccccc3c3ccccc3c2cc1N. The van der Waals surface area contributed by atoms with Crippen molar-refractivity contribution >= 4 is 38.0 Å². The summed E-state index contributed by atoms with van der Waals surface area (Å²) in [5.41, 5.74) is 8.12. The summed E-state index contributed by atoms with van der Waals surface area (Å²) in [7, 11) is 0. The van der Waals surface area contributed by atoms with E-state index < -0.39 is 0 Å². The Morgan fingerprint density at radius 1 is 0.600 bits per heavy atom. The molecule has 4 aromatic rings. The molecule has 0 amide bonds. The van der Waals surface area contributed by atoms with E-state index in [1.54, 1.807) is 0 Å². The molecule has 0 radical (unpaired) electrons. The van der Waals surface area contributed by atoms with Gasteiger partial charge in [-0.05, 0) is 56.9 Å². The number of nitrogen functional groups attached to an aromatic ring is 1. The van der Waals surface area contributed by atoms with E-state index in [1.807, 2.05) is 0 Å². The smallest absolute Gasteiger partial charge is 0.0350 e. The van der Waals surface area contributed by atoms with Crippen LogP contribution in [-0.2, 0) is 0 Å². The first kappa shape index (κ1) is 11.3. The number of fused-ring (bicyclic) bond motifs is 6. The second kappa shape index (κ2) is 3.97. The maximum atomic E-state index is 6.12. The van der Waals surface area contributed by atoms with E-state index in [1.165, 1.54) is 32.3 Å². The van der Waals surface area contributed by atoms with Crippen LogP contribution in [-0.4, -0.2) is 0 Å². The molecule has 0 aliphatic rings. The van der Waals surface area contributed by atoms with Gasteiger partial charge in [-0.2, -0.15) is 0 Å². The Bertz CT molecular complexity index is 887. The zero-order valence-corrected chi connectivity index (χ0v) is 11.4. The van der Waals surface area contributed by atoms with Gasteiger partial charge in [0.1, 0.15) is 0 Å². The quantitative estimate of drug-likeness (QED) is 0.347. The highest BCUT2D eigenvalue weighted by molar-refractivity contribution is 6.25. The molecule has 1 heteroatoms. The van der Waals surface area contributed by atoms with Crippen LogP contribution in [0.1, 0.15) is 5.56 Å². The fourth-order valence-corrected chi connectivity index (χ4v) is 3.08. The molecule has 4 aromatic carbocycles. The van der Waals surface area contributed by atoms with E-state index in [0.717, 1.165) is 11.3 Å². The van der Waals surface area contributed by atoms with Gasteiger partial charge in [0.05, 0.1) is 0 Å². The van der Waals surface area contributed by atoms with Crippen LogP contribution in [0.2, 0.25) is 0 Å². The number of benzene rings is 4. The first-order chi connectivity index (χ1) is 9.75. The van der Waals surface area contributed by atoms with E-state index in [9.17, 15) is 0 Å². The van der Waals surface area contributed by atoms with Crippen LogP contribution in [0.3, 0.4) is 0 Å². The fraction of sp³-hybridized carbons (Fsp3) is 0.0526. The Balaban J connectivity index is 2.42. The van der Waals surface area contributed by atoms with Crippen molar-refractivity contribution < 1.29 is 0 Å². The van der Waals surface area contributed by atoms with E-state index in [-0.39, 0.29) is 0 Å². The summed E-state index contributed by atoms with van der Waals surface area (Å²) in [6.45, 7) is 2.07. The van der Waals surface area contributed by atoms with Gasteiger partial charge < -0.3 is 5.73 Å². The molecule has 0 heterocycles. The summed E-state index contributed by atoms with van der Waals surface area (Å²) in [5, 5.41) is 7.68. The van der Waals surface area contributed by atoms with Crippen molar-refractivity contribution in [1.29, 1.82) is 0 Å². The molecule has 0 spiro atoms. The van der Waals surface area contributed by atoms with E-state index in [4.69, 9.17) is 5.73 Å². The number of hydrogen-bond acceptors (Lipinski definition) is 1. The molecule has 0 fully saturated rings. The predicted molar refractivity (Wildman–Crippen MR) is 88.1 cm³/mol. The Hall–Kier alpha value is -2.54. The molecule has 0 bridgehead atoms. The van der Waals surface area contributed by atoms with Crippen molar-refractivity contribution in [2.24, 2.45) is 0 Å². The van der Waals surface area contributed by atoms with Crippen LogP contribution < -0.4 is 5.73 Å². The highest BCUT2D eigenvalue weighted by atomic mass is 14.6. The van der Waals surface area contributed by atoms with E-state index in [2.05, 4.69) is 67.6 Å². The predicted octanol–water partition coefficient (Wildman–Crippen LogP) is 5.04. The van der Waals surface area contributed by atoms with Crippen molar-refractivity contribution in [2.45, 2.75) is 6.92 Å². The van der Waals surface area contributed by atoms with Gasteiger partial charge in [-0.1, -0.05) is 48.5 Å². The van der Waals surface area contributed by atoms with Gasteiger partial charge in [-0.3, -0.25) is 0 Å². The third-order valence-electron chi connectivity index (χ3n) is 4.13. The minimum atomic E-state index is 0.859. The van der Waals surface area contributed by atoms with Gasteiger partial charge in [0.2, 0.25) is 0 Å². The highest BCUT2D eigenvalue weighted by Crippen LogP contribution is 2.36. The number of anilines is 1. The van der Waals surface area contributed by atoms with Gasteiger partial charge >= 0.3 is 0 Å². The number of aryl methyl sites for hydroxylation is 1. The molecule has 2 N–H and O–H groups in total. The lowest BCUT2D eigenvalue weighted by atomic mass is 9.93. The molecule has 1 nitrogen and oxygen atoms in total. The molecule has 0 saturated heterocycles. The summed E-state index contributed by atoms with van der Waals surface area (Å²) in [4.78, 5) is 0. The molecule has 0 saturated carbocycles. The van der Waals surface area contributed by atoms with Gasteiger partial charge in [0.25, 0.3) is 0 Å². The maximum absolute atomic E-state index is 6.12. The van der Waals surface area contributed by atoms with Crippen molar-refractivity contribution in [1.82, 2.24) is 0 Å². The third-order valence-corrected chi connectivity index (χ3v) is 4.13. The Kier molecular flexibility index (Phi) is 2.25. The molecule has 0 aliphatic carbocycles. The van der Waals surface area contributed by atoms with Crippen LogP contribution in [0, 0.1) is 6.92 Å².